The van der Waals surface area contributed by atoms with Gasteiger partial charge in [-0.3, -0.25) is 0 Å². The van der Waals surface area contributed by atoms with Crippen molar-refractivity contribution < 1.29 is 5.48 Å². The molecule has 0 atom stereocenters. The van der Waals surface area contributed by atoms with Crippen molar-refractivity contribution in [3.63, 3.8) is 0 Å². The second-order valence-electron chi connectivity index (χ2n) is 0. The Morgan fingerprint density at radius 2 is 0.600 bits per heavy atom. The van der Waals surface area contributed by atoms with Gasteiger partial charge in [0, 0.05) is 0 Å². The van der Waals surface area contributed by atoms with Crippen LogP contribution in [0.5, 0.6) is 0 Å². The van der Waals surface area contributed by atoms with Gasteiger partial charge in [0.25, 0.3) is 0 Å². The van der Waals surface area contributed by atoms with E-state index in [-0.39, 0.29) is 52.1 Å². The lowest BCUT2D eigenvalue weighted by Gasteiger charge is -0.412. The summed E-state index contributed by atoms with van der Waals surface area (Å²) in [5.74, 6) is 0. The van der Waals surface area contributed by atoms with E-state index >= 15 is 0 Å². The van der Waals surface area contributed by atoms with E-state index < -0.39 is 0 Å². The van der Waals surface area contributed by atoms with Crippen LogP contribution in [-0.2, 0) is 0 Å². The molecule has 0 saturated carbocycles. The fourth-order valence-electron chi connectivity index (χ4n) is 0. The van der Waals surface area contributed by atoms with Crippen LogP contribution in [0, 0.1) is 0 Å². The number of rotatable bonds is 0. The molecule has 5 N–H and O–H groups in total. The van der Waals surface area contributed by atoms with Gasteiger partial charge in [0.1, 0.15) is 0 Å². The second kappa shape index (κ2) is 83.3. The van der Waals surface area contributed by atoms with Crippen LogP contribution in [0.15, 0.2) is 0 Å². The smallest absolute Gasteiger partial charge is 0.197 e. The predicted octanol–water partition coefficient (Wildman–Crippen LogP) is -0.324. The molecule has 0 aliphatic heterocycles. The van der Waals surface area contributed by atoms with Crippen molar-refractivity contribution in [1.82, 2.24) is 6.15 Å². The van der Waals surface area contributed by atoms with Gasteiger partial charge in [0.15, 0.2) is 0 Å². The Morgan fingerprint density at radius 3 is 0.600 bits per heavy atom. The first kappa shape index (κ1) is 157. The largest absolute Gasteiger partial charge is 0.412 e. The molecule has 0 fully saturated rings. The summed E-state index contributed by atoms with van der Waals surface area (Å²) in [7, 11) is 0. The Morgan fingerprint density at radius 1 is 0.600 bits per heavy atom. The number of hydrogen-bond donors (Lipinski definition) is 1. The molecule has 0 rings (SSSR count). The Hall–Kier alpha value is 0.970. The summed E-state index contributed by atoms with van der Waals surface area (Å²) in [5, 5.41) is 0. The fraction of sp³-hybridized carbons (Fsp3) is 0. The van der Waals surface area contributed by atoms with Crippen LogP contribution < -0.4 is 6.15 Å². The monoisotopic (exact) mass is 137 g/mol. The molecule has 0 unspecified atom stereocenters. The van der Waals surface area contributed by atoms with Crippen LogP contribution in [-0.4, -0.2) is 5.48 Å². The summed E-state index contributed by atoms with van der Waals surface area (Å²) >= 11 is 0. The van der Waals surface area contributed by atoms with E-state index in [0.717, 1.165) is 0 Å². The second-order valence-corrected chi connectivity index (χ2v) is 0. The fourth-order valence-corrected chi connectivity index (χ4v) is 0. The van der Waals surface area contributed by atoms with Gasteiger partial charge in [-0.2, -0.15) is 40.5 Å². The molecular weight excluding hydrogens is 126 g/mol. The van der Waals surface area contributed by atoms with E-state index in [1.807, 2.05) is 0 Å². The Bertz CT molecular complexity index is 6.85. The molecule has 0 aliphatic carbocycles. The van der Waals surface area contributed by atoms with Crippen molar-refractivity contribution in [2.75, 3.05) is 0 Å². The first-order valence-corrected chi connectivity index (χ1v) is 0. The average molecular weight is 137 g/mol. The number of hydrogen-bond acceptors (Lipinski definition) is 1. The molecule has 5 heteroatoms. The predicted molar refractivity (Wildman–Crippen MR) is 39.8 cm³/mol. The van der Waals surface area contributed by atoms with Crippen LogP contribution in [0.3, 0.4) is 0 Å². The van der Waals surface area contributed by atoms with Gasteiger partial charge in [-0.1, -0.05) is 0 Å². The molecule has 0 heterocycles. The Labute approximate surface area is 52.6 Å². The van der Waals surface area contributed by atoms with Gasteiger partial charge in [0.2, 0.25) is 0 Å². The molecule has 40 valence electrons. The van der Waals surface area contributed by atoms with E-state index in [1.54, 1.807) is 0 Å². The van der Waals surface area contributed by atoms with Crippen LogP contribution >= 0.6 is 40.5 Å². The van der Waals surface area contributed by atoms with E-state index in [2.05, 4.69) is 0 Å². The summed E-state index contributed by atoms with van der Waals surface area (Å²) in [6.45, 7) is 0. The minimum atomic E-state index is 0. The van der Waals surface area contributed by atoms with E-state index in [1.165, 1.54) is 0 Å². The van der Waals surface area contributed by atoms with Crippen LogP contribution in [0.25, 0.3) is 0 Å². The van der Waals surface area contributed by atoms with E-state index in [0.29, 0.717) is 0 Å². The summed E-state index contributed by atoms with van der Waals surface area (Å²) in [6.07, 6.45) is 0. The van der Waals surface area contributed by atoms with Crippen LogP contribution in [0.4, 0.5) is 0 Å². The van der Waals surface area contributed by atoms with Crippen molar-refractivity contribution in [2.45, 2.75) is 0 Å². The molecule has 5 heavy (non-hydrogen) atoms. The summed E-state index contributed by atoms with van der Waals surface area (Å²) in [5.41, 5.74) is 0. The molecule has 0 bridgehead atoms. The third kappa shape index (κ3) is 46.6. The molecule has 0 aromatic heterocycles. The lowest BCUT2D eigenvalue weighted by Crippen LogP contribution is -0.481. The first-order valence-electron chi connectivity index (χ1n) is 0. The molecule has 2 nitrogen and oxygen atoms in total. The van der Waals surface area contributed by atoms with E-state index in [4.69, 9.17) is 0 Å². The molecule has 0 aliphatic rings. The first-order chi connectivity index (χ1) is 0. The maximum atomic E-state index is 0. The highest BCUT2D eigenvalue weighted by Gasteiger charge is -0.195. The minimum Gasteiger partial charge on any atom is -0.412 e. The molecule has 0 radical (unpaired) electrons. The van der Waals surface area contributed by atoms with Crippen molar-refractivity contribution >= 4 is 40.5 Å². The van der Waals surface area contributed by atoms with Crippen molar-refractivity contribution in [1.29, 1.82) is 0 Å². The van der Waals surface area contributed by atoms with Crippen molar-refractivity contribution in [2.24, 2.45) is 0 Å². The highest BCUT2D eigenvalue weighted by molar-refractivity contribution is 7.59. The molecule has 0 amide bonds. The summed E-state index contributed by atoms with van der Waals surface area (Å²) < 4.78 is 0. The maximum Gasteiger partial charge on any atom is -0.197 e. The van der Waals surface area contributed by atoms with E-state index in [9.17, 15) is 0 Å². The van der Waals surface area contributed by atoms with Gasteiger partial charge in [0.05, 0.1) is 0 Å². The Kier molecular flexibility index (Phi) is 2610. The third-order valence-corrected chi connectivity index (χ3v) is 0. The van der Waals surface area contributed by atoms with Crippen molar-refractivity contribution in [3.8, 4) is 0 Å². The quantitative estimate of drug-likeness (QED) is 0.488. The third-order valence-electron chi connectivity index (χ3n) is 0. The minimum absolute atomic E-state index is 0. The zero-order valence-corrected chi connectivity index (χ0v) is 5.71. The van der Waals surface area contributed by atoms with Gasteiger partial charge >= 0.3 is 0 Å². The highest BCUT2D eigenvalue weighted by Crippen LogP contribution is 0.650. The van der Waals surface area contributed by atoms with Gasteiger partial charge < -0.3 is 11.6 Å². The van der Waals surface area contributed by atoms with Gasteiger partial charge in [-0.25, -0.2) is 0 Å². The van der Waals surface area contributed by atoms with Crippen LogP contribution in [0.1, 0.15) is 0 Å². The molecule has 0 aromatic rings. The molecule has 0 aromatic carbocycles. The molecule has 0 saturated heterocycles. The SMILES string of the molecule is N.O.S.S.S. The van der Waals surface area contributed by atoms with Gasteiger partial charge in [-0.15, -0.1) is 0 Å². The average Bonchev–Trinajstić information content (AvgIpc) is 0. The zero-order chi connectivity index (χ0) is 0. The Balaban J connectivity index is 0. The van der Waals surface area contributed by atoms with Crippen molar-refractivity contribution in [3.05, 3.63) is 0 Å². The topological polar surface area (TPSA) is 66.5 Å². The highest BCUT2D eigenvalue weighted by atomic mass is 32.1. The summed E-state index contributed by atoms with van der Waals surface area (Å²) in [4.78, 5) is 0. The summed E-state index contributed by atoms with van der Waals surface area (Å²) in [6, 6.07) is 0. The standard InChI is InChI=1S/H3N.H2O.3H2S/h1H3;4*1H2. The zero-order valence-electron chi connectivity index (χ0n) is 2.71. The normalized spacial score (nSPS) is 0. The molecular formula is H11NOS3. The van der Waals surface area contributed by atoms with Crippen LogP contribution in [0.2, 0.25) is 0 Å². The lowest BCUT2D eigenvalue weighted by atomic mass is 14.0. The lowest BCUT2D eigenvalue weighted by molar-refractivity contribution is 0.824. The van der Waals surface area contributed by atoms with Gasteiger partial charge in [-0.05, 0) is 0 Å². The maximum absolute atomic E-state index is 0. The molecule has 0 spiro atoms.